The van der Waals surface area contributed by atoms with Crippen LogP contribution in [0.5, 0.6) is 5.75 Å². The van der Waals surface area contributed by atoms with E-state index < -0.39 is 0 Å². The first kappa shape index (κ1) is 20.2. The quantitative estimate of drug-likeness (QED) is 0.654. The molecule has 1 fully saturated rings. The molecule has 0 spiro atoms. The lowest BCUT2D eigenvalue weighted by Gasteiger charge is -2.27. The molecule has 0 saturated carbocycles. The van der Waals surface area contributed by atoms with E-state index in [1.54, 1.807) is 12.1 Å². The average Bonchev–Trinajstić information content (AvgIpc) is 2.75. The van der Waals surface area contributed by atoms with E-state index in [1.165, 1.54) is 4.90 Å². The van der Waals surface area contributed by atoms with Crippen molar-refractivity contribution in [3.8, 4) is 16.9 Å². The number of hydrogen-bond acceptors (Lipinski definition) is 4. The number of benzene rings is 2. The van der Waals surface area contributed by atoms with Crippen LogP contribution in [0.15, 0.2) is 57.7 Å². The summed E-state index contributed by atoms with van der Waals surface area (Å²) in [5.74, 6) is 1.11. The average molecular weight is 407 g/mol. The minimum atomic E-state index is -0.186. The summed E-state index contributed by atoms with van der Waals surface area (Å²) in [5, 5.41) is 0.547. The highest BCUT2D eigenvalue weighted by molar-refractivity contribution is 5.83. The van der Waals surface area contributed by atoms with E-state index >= 15 is 0 Å². The van der Waals surface area contributed by atoms with Crippen LogP contribution in [0.4, 0.5) is 0 Å². The molecule has 4 rings (SSSR count). The van der Waals surface area contributed by atoms with Crippen LogP contribution in [0.25, 0.3) is 22.1 Å². The molecule has 1 aromatic heterocycles. The second-order valence-electron chi connectivity index (χ2n) is 7.91. The molecule has 1 saturated heterocycles. The minimum Gasteiger partial charge on any atom is -0.488 e. The number of piperidine rings is 1. The molecule has 6 nitrogen and oxygen atoms in total. The number of aryl methyl sites for hydroxylation is 1. The summed E-state index contributed by atoms with van der Waals surface area (Å²) in [6, 6.07) is 14.9. The molecule has 3 aromatic rings. The molecule has 0 unspecified atom stereocenters. The van der Waals surface area contributed by atoms with Gasteiger partial charge in [0.1, 0.15) is 30.2 Å². The van der Waals surface area contributed by atoms with Crippen LogP contribution in [-0.2, 0) is 4.79 Å². The van der Waals surface area contributed by atoms with Crippen molar-refractivity contribution in [3.63, 3.8) is 0 Å². The molecule has 2 aromatic carbocycles. The first-order valence-corrected chi connectivity index (χ1v) is 10.4. The molecule has 0 atom stereocenters. The fourth-order valence-electron chi connectivity index (χ4n) is 4.19. The first-order valence-electron chi connectivity index (χ1n) is 10.4. The second-order valence-corrected chi connectivity index (χ2v) is 7.91. The Morgan fingerprint density at radius 3 is 2.60 bits per heavy atom. The number of amides is 1. The number of rotatable bonds is 6. The van der Waals surface area contributed by atoms with Crippen molar-refractivity contribution in [1.29, 1.82) is 0 Å². The third-order valence-electron chi connectivity index (χ3n) is 5.92. The maximum absolute atomic E-state index is 13.0. The van der Waals surface area contributed by atoms with Crippen molar-refractivity contribution in [2.24, 2.45) is 11.7 Å². The number of carbonyl (C=O) groups is 1. The zero-order chi connectivity index (χ0) is 21.1. The summed E-state index contributed by atoms with van der Waals surface area (Å²) in [5.41, 5.74) is 7.34. The van der Waals surface area contributed by atoms with Gasteiger partial charge in [-0.25, -0.2) is 0 Å². The van der Waals surface area contributed by atoms with Crippen molar-refractivity contribution in [2.45, 2.75) is 19.8 Å². The number of carbonyl (C=O) groups excluding carboxylic acids is 1. The maximum atomic E-state index is 13.0. The summed E-state index contributed by atoms with van der Waals surface area (Å²) in [6.45, 7) is 5.11. The van der Waals surface area contributed by atoms with Crippen molar-refractivity contribution in [3.05, 3.63) is 64.5 Å². The van der Waals surface area contributed by atoms with Crippen LogP contribution in [0.1, 0.15) is 18.6 Å². The van der Waals surface area contributed by atoms with Crippen LogP contribution < -0.4 is 20.8 Å². The van der Waals surface area contributed by atoms with E-state index in [0.29, 0.717) is 34.6 Å². The van der Waals surface area contributed by atoms with Gasteiger partial charge in [-0.15, -0.1) is 0 Å². The molecule has 2 heterocycles. The van der Waals surface area contributed by atoms with Gasteiger partial charge in [0.15, 0.2) is 0 Å². The van der Waals surface area contributed by atoms with Gasteiger partial charge in [0.05, 0.1) is 24.0 Å². The Morgan fingerprint density at radius 2 is 1.90 bits per heavy atom. The number of quaternary nitrogens is 1. The molecule has 6 heteroatoms. The van der Waals surface area contributed by atoms with E-state index in [0.717, 1.165) is 38.0 Å². The highest BCUT2D eigenvalue weighted by atomic mass is 16.5. The third kappa shape index (κ3) is 4.24. The molecule has 0 aliphatic carbocycles. The lowest BCUT2D eigenvalue weighted by Crippen LogP contribution is -3.13. The monoisotopic (exact) mass is 407 g/mol. The Balaban J connectivity index is 1.44. The molecule has 156 valence electrons. The van der Waals surface area contributed by atoms with Gasteiger partial charge in [-0.3, -0.25) is 9.59 Å². The molecule has 0 bridgehead atoms. The SMILES string of the molecule is Cc1oc2cc(OCC[NH+]3CCC(C(N)=O)CC3)ccc2c(=O)c1-c1ccccc1. The van der Waals surface area contributed by atoms with Crippen molar-refractivity contribution in [1.82, 2.24) is 0 Å². The fraction of sp³-hybridized carbons (Fsp3) is 0.333. The first-order chi connectivity index (χ1) is 14.5. The van der Waals surface area contributed by atoms with Gasteiger partial charge in [0.2, 0.25) is 11.3 Å². The predicted molar refractivity (Wildman–Crippen MR) is 116 cm³/mol. The molecule has 0 radical (unpaired) electrons. The smallest absolute Gasteiger partial charge is 0.220 e. The van der Waals surface area contributed by atoms with Gasteiger partial charge in [-0.05, 0) is 24.6 Å². The van der Waals surface area contributed by atoms with Gasteiger partial charge < -0.3 is 19.8 Å². The van der Waals surface area contributed by atoms with E-state index in [2.05, 4.69) is 0 Å². The van der Waals surface area contributed by atoms with Crippen LogP contribution >= 0.6 is 0 Å². The van der Waals surface area contributed by atoms with Gasteiger partial charge in [-0.2, -0.15) is 0 Å². The van der Waals surface area contributed by atoms with E-state index in [-0.39, 0.29) is 17.3 Å². The highest BCUT2D eigenvalue weighted by Crippen LogP contribution is 2.26. The van der Waals surface area contributed by atoms with Crippen molar-refractivity contribution in [2.75, 3.05) is 26.2 Å². The van der Waals surface area contributed by atoms with Gasteiger partial charge >= 0.3 is 0 Å². The zero-order valence-corrected chi connectivity index (χ0v) is 17.1. The number of nitrogens with one attached hydrogen (secondary N) is 1. The molecule has 1 amide bonds. The summed E-state index contributed by atoms with van der Waals surface area (Å²) in [4.78, 5) is 25.7. The predicted octanol–water partition coefficient (Wildman–Crippen LogP) is 1.93. The van der Waals surface area contributed by atoms with Crippen molar-refractivity contribution < 1.29 is 18.8 Å². The Labute approximate surface area is 175 Å². The summed E-state index contributed by atoms with van der Waals surface area (Å²) >= 11 is 0. The Hall–Kier alpha value is -3.12. The Bertz CT molecular complexity index is 1100. The minimum absolute atomic E-state index is 0.0158. The number of primary amides is 1. The van der Waals surface area contributed by atoms with E-state index in [4.69, 9.17) is 14.9 Å². The molecule has 3 N–H and O–H groups in total. The standard InChI is InChI=1S/C24H26N2O4/c1-16-22(17-5-3-2-4-6-17)23(27)20-8-7-19(15-21(20)30-16)29-14-13-26-11-9-18(10-12-26)24(25)28/h2-8,15,18H,9-14H2,1H3,(H2,25,28)/p+1. The lowest BCUT2D eigenvalue weighted by atomic mass is 9.96. The molecule has 30 heavy (non-hydrogen) atoms. The maximum Gasteiger partial charge on any atom is 0.220 e. The van der Waals surface area contributed by atoms with Crippen LogP contribution in [0.3, 0.4) is 0 Å². The largest absolute Gasteiger partial charge is 0.488 e. The van der Waals surface area contributed by atoms with Crippen LogP contribution in [-0.4, -0.2) is 32.1 Å². The highest BCUT2D eigenvalue weighted by Gasteiger charge is 2.25. The normalized spacial score (nSPS) is 19.0. The van der Waals surface area contributed by atoms with Gasteiger partial charge in [0, 0.05) is 24.8 Å². The molecular weight excluding hydrogens is 380 g/mol. The van der Waals surface area contributed by atoms with Crippen LogP contribution in [0.2, 0.25) is 0 Å². The van der Waals surface area contributed by atoms with Gasteiger partial charge in [-0.1, -0.05) is 30.3 Å². The number of ether oxygens (including phenoxy) is 1. The summed E-state index contributed by atoms with van der Waals surface area (Å²) in [7, 11) is 0. The number of hydrogen-bond donors (Lipinski definition) is 2. The lowest BCUT2D eigenvalue weighted by molar-refractivity contribution is -0.905. The number of fused-ring (bicyclic) bond motifs is 1. The fourth-order valence-corrected chi connectivity index (χ4v) is 4.19. The van der Waals surface area contributed by atoms with Crippen LogP contribution in [0, 0.1) is 12.8 Å². The zero-order valence-electron chi connectivity index (χ0n) is 17.1. The Morgan fingerprint density at radius 1 is 1.17 bits per heavy atom. The van der Waals surface area contributed by atoms with Crippen molar-refractivity contribution >= 4 is 16.9 Å². The molecule has 1 aliphatic rings. The summed E-state index contributed by atoms with van der Waals surface area (Å²) in [6.07, 6.45) is 1.68. The van der Waals surface area contributed by atoms with E-state index in [9.17, 15) is 9.59 Å². The number of likely N-dealkylation sites (tertiary alicyclic amines) is 1. The second kappa shape index (κ2) is 8.71. The Kier molecular flexibility index (Phi) is 5.86. The number of nitrogens with two attached hydrogens (primary N) is 1. The van der Waals surface area contributed by atoms with E-state index in [1.807, 2.05) is 43.3 Å². The summed E-state index contributed by atoms with van der Waals surface area (Å²) < 4.78 is 11.9. The van der Waals surface area contributed by atoms with Gasteiger partial charge in [0.25, 0.3) is 0 Å². The molecular formula is C24H27N2O4+. The molecule has 1 aliphatic heterocycles. The third-order valence-corrected chi connectivity index (χ3v) is 5.92. The topological polar surface area (TPSA) is 87.0 Å².